The average Bonchev–Trinajstić information content (AvgIpc) is 2.85. The summed E-state index contributed by atoms with van der Waals surface area (Å²) < 4.78 is 41.6. The molecule has 0 spiro atoms. The van der Waals surface area contributed by atoms with Crippen molar-refractivity contribution in [2.75, 3.05) is 40.1 Å². The molecule has 1 fully saturated rings. The van der Waals surface area contributed by atoms with Gasteiger partial charge in [0, 0.05) is 0 Å². The Hall–Kier alpha value is -2.26. The summed E-state index contributed by atoms with van der Waals surface area (Å²) in [5.74, 6) is 0.777. The topological polar surface area (TPSA) is 64.6 Å². The number of rotatable bonds is 17. The van der Waals surface area contributed by atoms with Gasteiger partial charge in [-0.25, -0.2) is 0 Å². The van der Waals surface area contributed by atoms with Gasteiger partial charge in [0.15, 0.2) is 6.29 Å². The zero-order chi connectivity index (χ0) is 23.9. The Bertz CT molecular complexity index is 718. The maximum absolute atomic E-state index is 6.30. The van der Waals surface area contributed by atoms with E-state index in [9.17, 15) is 0 Å². The standard InChI is InChI=1S/C26H36O7/c1-6-14-28-19-22-23(29-15-7-2)24(30-16-8-3)25(31-17-9-4)26(33-22)32-18-20-10-12-21(27-5)13-11-20/h6-13,22-26H,1-4,14-19H2,5H3/t22-,23+,24+,25-,26-/m1/s1. The van der Waals surface area contributed by atoms with Crippen molar-refractivity contribution in [1.82, 2.24) is 0 Å². The van der Waals surface area contributed by atoms with Crippen molar-refractivity contribution in [1.29, 1.82) is 0 Å². The number of hydrogen-bond acceptors (Lipinski definition) is 7. The lowest BCUT2D eigenvalue weighted by atomic mass is 9.98. The van der Waals surface area contributed by atoms with Crippen LogP contribution in [0.4, 0.5) is 0 Å². The highest BCUT2D eigenvalue weighted by molar-refractivity contribution is 5.26. The highest BCUT2D eigenvalue weighted by atomic mass is 16.7. The molecule has 1 aliphatic rings. The Kier molecular flexibility index (Phi) is 12.7. The number of ether oxygens (including phenoxy) is 7. The molecule has 7 heteroatoms. The van der Waals surface area contributed by atoms with E-state index in [1.807, 2.05) is 24.3 Å². The first-order valence-corrected chi connectivity index (χ1v) is 10.9. The van der Waals surface area contributed by atoms with Crippen LogP contribution < -0.4 is 4.74 Å². The van der Waals surface area contributed by atoms with Gasteiger partial charge in [0.1, 0.15) is 30.2 Å². The summed E-state index contributed by atoms with van der Waals surface area (Å²) in [6.07, 6.45) is 4.02. The minimum atomic E-state index is -0.720. The molecule has 1 aromatic rings. The van der Waals surface area contributed by atoms with E-state index in [1.165, 1.54) is 0 Å². The zero-order valence-electron chi connectivity index (χ0n) is 19.4. The lowest BCUT2D eigenvalue weighted by Crippen LogP contribution is -2.62. The van der Waals surface area contributed by atoms with E-state index >= 15 is 0 Å². The van der Waals surface area contributed by atoms with Crippen molar-refractivity contribution < 1.29 is 33.2 Å². The molecule has 0 amide bonds. The third kappa shape index (κ3) is 8.55. The van der Waals surface area contributed by atoms with E-state index < -0.39 is 30.7 Å². The Morgan fingerprint density at radius 1 is 0.758 bits per heavy atom. The van der Waals surface area contributed by atoms with Gasteiger partial charge in [0.05, 0.1) is 46.8 Å². The molecule has 7 nitrogen and oxygen atoms in total. The van der Waals surface area contributed by atoms with E-state index in [0.717, 1.165) is 11.3 Å². The van der Waals surface area contributed by atoms with E-state index in [0.29, 0.717) is 33.0 Å². The second-order valence-electron chi connectivity index (χ2n) is 7.29. The van der Waals surface area contributed by atoms with Crippen LogP contribution in [0.3, 0.4) is 0 Å². The molecule has 1 aromatic carbocycles. The lowest BCUT2D eigenvalue weighted by Gasteiger charge is -2.45. The summed E-state index contributed by atoms with van der Waals surface area (Å²) in [4.78, 5) is 0. The van der Waals surface area contributed by atoms with Crippen LogP contribution in [0.2, 0.25) is 0 Å². The van der Waals surface area contributed by atoms with E-state index in [4.69, 9.17) is 33.2 Å². The Morgan fingerprint density at radius 2 is 1.33 bits per heavy atom. The minimum Gasteiger partial charge on any atom is -0.497 e. The summed E-state index contributed by atoms with van der Waals surface area (Å²) in [5, 5.41) is 0. The van der Waals surface area contributed by atoms with Gasteiger partial charge in [-0.2, -0.15) is 0 Å². The molecule has 0 saturated carbocycles. The molecule has 0 bridgehead atoms. The molecule has 1 saturated heterocycles. The van der Waals surface area contributed by atoms with Crippen LogP contribution in [0, 0.1) is 0 Å². The van der Waals surface area contributed by atoms with E-state index in [1.54, 1.807) is 31.4 Å². The fourth-order valence-electron chi connectivity index (χ4n) is 3.42. The first-order chi connectivity index (χ1) is 16.2. The van der Waals surface area contributed by atoms with Gasteiger partial charge >= 0.3 is 0 Å². The average molecular weight is 461 g/mol. The van der Waals surface area contributed by atoms with Gasteiger partial charge in [-0.3, -0.25) is 0 Å². The van der Waals surface area contributed by atoms with Crippen LogP contribution in [0.5, 0.6) is 5.75 Å². The maximum Gasteiger partial charge on any atom is 0.187 e. The number of benzene rings is 1. The van der Waals surface area contributed by atoms with Crippen molar-refractivity contribution in [3.05, 3.63) is 80.4 Å². The number of hydrogen-bond donors (Lipinski definition) is 0. The molecule has 0 aromatic heterocycles. The predicted octanol–water partition coefficient (Wildman–Crippen LogP) is 3.85. The SMILES string of the molecule is C=CCOC[C@H]1O[C@@H](OCc2ccc(OC)cc2)[C@H](OCC=C)[C@@H](OCC=C)[C@H]1OCC=C. The largest absolute Gasteiger partial charge is 0.497 e. The van der Waals surface area contributed by atoms with Crippen LogP contribution in [0.1, 0.15) is 5.56 Å². The van der Waals surface area contributed by atoms with Crippen LogP contribution in [0.25, 0.3) is 0 Å². The molecule has 33 heavy (non-hydrogen) atoms. The molecule has 1 heterocycles. The molecule has 2 rings (SSSR count). The van der Waals surface area contributed by atoms with Gasteiger partial charge in [-0.15, -0.1) is 26.3 Å². The molecule has 182 valence electrons. The van der Waals surface area contributed by atoms with Gasteiger partial charge < -0.3 is 33.2 Å². The van der Waals surface area contributed by atoms with Crippen molar-refractivity contribution >= 4 is 0 Å². The minimum absolute atomic E-state index is 0.276. The van der Waals surface area contributed by atoms with Crippen LogP contribution >= 0.6 is 0 Å². The molecule has 5 atom stereocenters. The molecule has 0 aliphatic carbocycles. The lowest BCUT2D eigenvalue weighted by molar-refractivity contribution is -0.322. The smallest absolute Gasteiger partial charge is 0.187 e. The van der Waals surface area contributed by atoms with E-state index in [-0.39, 0.29) is 6.61 Å². The Labute approximate surface area is 197 Å². The molecule has 0 radical (unpaired) electrons. The summed E-state index contributed by atoms with van der Waals surface area (Å²) in [6.45, 7) is 16.9. The van der Waals surface area contributed by atoms with Crippen molar-refractivity contribution in [3.63, 3.8) is 0 Å². The predicted molar refractivity (Wildman–Crippen MR) is 127 cm³/mol. The summed E-state index contributed by atoms with van der Waals surface area (Å²) in [5.41, 5.74) is 0.968. The van der Waals surface area contributed by atoms with Crippen molar-refractivity contribution in [3.8, 4) is 5.75 Å². The third-order valence-electron chi connectivity index (χ3n) is 4.90. The Morgan fingerprint density at radius 3 is 1.91 bits per heavy atom. The van der Waals surface area contributed by atoms with Crippen LogP contribution in [0.15, 0.2) is 74.9 Å². The fourth-order valence-corrected chi connectivity index (χ4v) is 3.42. The molecule has 1 aliphatic heterocycles. The first kappa shape index (κ1) is 27.0. The molecule has 0 unspecified atom stereocenters. The third-order valence-corrected chi connectivity index (χ3v) is 4.90. The molecular weight excluding hydrogens is 424 g/mol. The second-order valence-corrected chi connectivity index (χ2v) is 7.29. The second kappa shape index (κ2) is 15.6. The Balaban J connectivity index is 2.25. The van der Waals surface area contributed by atoms with Crippen molar-refractivity contribution in [2.24, 2.45) is 0 Å². The van der Waals surface area contributed by atoms with Gasteiger partial charge in [-0.1, -0.05) is 36.4 Å². The first-order valence-electron chi connectivity index (χ1n) is 10.9. The molecule has 0 N–H and O–H groups in total. The van der Waals surface area contributed by atoms with Crippen LogP contribution in [-0.2, 0) is 35.0 Å². The highest BCUT2D eigenvalue weighted by Crippen LogP contribution is 2.30. The van der Waals surface area contributed by atoms with Gasteiger partial charge in [0.2, 0.25) is 0 Å². The summed E-state index contributed by atoms with van der Waals surface area (Å²) in [7, 11) is 1.63. The number of methoxy groups -OCH3 is 1. The van der Waals surface area contributed by atoms with Gasteiger partial charge in [0.25, 0.3) is 0 Å². The highest BCUT2D eigenvalue weighted by Gasteiger charge is 2.48. The zero-order valence-corrected chi connectivity index (χ0v) is 19.4. The normalized spacial score (nSPS) is 24.7. The molecular formula is C26H36O7. The monoisotopic (exact) mass is 460 g/mol. The fraction of sp³-hybridized carbons (Fsp3) is 0.462. The van der Waals surface area contributed by atoms with E-state index in [2.05, 4.69) is 26.3 Å². The summed E-state index contributed by atoms with van der Waals surface area (Å²) in [6, 6.07) is 7.64. The summed E-state index contributed by atoms with van der Waals surface area (Å²) >= 11 is 0. The maximum atomic E-state index is 6.30. The van der Waals surface area contributed by atoms with Gasteiger partial charge in [-0.05, 0) is 17.7 Å². The van der Waals surface area contributed by atoms with Crippen LogP contribution in [-0.4, -0.2) is 70.9 Å². The quantitative estimate of drug-likeness (QED) is 0.258. The van der Waals surface area contributed by atoms with Crippen molar-refractivity contribution in [2.45, 2.75) is 37.3 Å².